The molecule has 0 unspecified atom stereocenters. The van der Waals surface area contributed by atoms with Crippen molar-refractivity contribution in [2.45, 2.75) is 166 Å². The van der Waals surface area contributed by atoms with Crippen LogP contribution in [0.1, 0.15) is 86.0 Å². The summed E-state index contributed by atoms with van der Waals surface area (Å²) >= 11 is 0. The van der Waals surface area contributed by atoms with Crippen LogP contribution < -0.4 is 29.6 Å². The molecule has 57 heavy (non-hydrogen) atoms. The van der Waals surface area contributed by atoms with Crippen LogP contribution >= 0.6 is 0 Å². The molecule has 4 saturated carbocycles. The molecule has 0 amide bonds. The largest absolute Gasteiger partial charge is 1.00 e. The van der Waals surface area contributed by atoms with E-state index in [2.05, 4.69) is 13.8 Å². The van der Waals surface area contributed by atoms with Crippen LogP contribution in [0.5, 0.6) is 0 Å². The molecule has 18 heteroatoms. The van der Waals surface area contributed by atoms with Crippen molar-refractivity contribution in [1.29, 1.82) is 0 Å². The van der Waals surface area contributed by atoms with Crippen molar-refractivity contribution in [3.8, 4) is 0 Å². The Kier molecular flexibility index (Phi) is 16.2. The molecule has 0 bridgehead atoms. The Hall–Kier alpha value is 0.390. The quantitative estimate of drug-likeness (QED) is 0.0634. The monoisotopic (exact) mass is 846 g/mol. The molecule has 0 aromatic heterocycles. The van der Waals surface area contributed by atoms with Gasteiger partial charge in [-0.15, -0.1) is 0 Å². The van der Waals surface area contributed by atoms with Gasteiger partial charge in [-0.1, -0.05) is 34.6 Å². The topological polar surface area (TPSA) is 243 Å². The van der Waals surface area contributed by atoms with Gasteiger partial charge in [-0.2, -0.15) is 0 Å². The van der Waals surface area contributed by atoms with Gasteiger partial charge in [-0.3, -0.25) is 4.18 Å². The van der Waals surface area contributed by atoms with E-state index in [1.54, 1.807) is 0 Å². The molecule has 2 heterocycles. The Labute approximate surface area is 359 Å². The van der Waals surface area contributed by atoms with Crippen LogP contribution in [-0.4, -0.2) is 151 Å². The number of rotatable bonds is 14. The summed E-state index contributed by atoms with van der Waals surface area (Å²) in [5, 5.41) is 65.5. The van der Waals surface area contributed by atoms with Crippen molar-refractivity contribution < 1.29 is 106 Å². The van der Waals surface area contributed by atoms with Crippen molar-refractivity contribution in [1.82, 2.24) is 0 Å². The molecule has 0 aromatic rings. The van der Waals surface area contributed by atoms with E-state index in [4.69, 9.17) is 32.6 Å². The molecule has 0 spiro atoms. The van der Waals surface area contributed by atoms with Crippen LogP contribution in [0, 0.1) is 52.3 Å². The predicted octanol–water partition coefficient (Wildman–Crippen LogP) is -1.92. The number of hydrogen-bond donors (Lipinski definition) is 6. The molecule has 2 saturated heterocycles. The second-order valence-electron chi connectivity index (χ2n) is 18.6. The van der Waals surface area contributed by atoms with Gasteiger partial charge in [0.25, 0.3) is 0 Å². The average molecular weight is 847 g/mol. The van der Waals surface area contributed by atoms with Crippen molar-refractivity contribution in [3.05, 3.63) is 0 Å². The maximum absolute atomic E-state index is 12.0. The zero-order chi connectivity index (χ0) is 41.1. The SMILES string of the molecule is CO[C@H]1[C@H](O[C@H]2[C@H](O[C@@H](CC[C@@H](C)[C@H]3C[C@@H](O)[C@H]4[C@@H]5C[C@H](OS(=O)(=O)[O-])[C@H]6[C@@H](O)[C@@H](O)CC[C@]6(C)[C@H]5CC[C@@]43C)C(C)C)O[C@H](CO)[C@@H]2O)OC[C@@H](OC)[C@@H]1O.[Na+]. The summed E-state index contributed by atoms with van der Waals surface area (Å²) in [5.41, 5.74) is -0.878. The van der Waals surface area contributed by atoms with Crippen LogP contribution in [0.4, 0.5) is 0 Å². The molecule has 4 aliphatic carbocycles. The molecule has 6 aliphatic rings. The smallest absolute Gasteiger partial charge is 0.726 e. The van der Waals surface area contributed by atoms with E-state index < -0.39 is 102 Å². The van der Waals surface area contributed by atoms with Gasteiger partial charge in [0.2, 0.25) is 10.4 Å². The molecule has 2 aliphatic heterocycles. The first-order valence-electron chi connectivity index (χ1n) is 20.6. The fourth-order valence-electron chi connectivity index (χ4n) is 12.6. The summed E-state index contributed by atoms with van der Waals surface area (Å²) in [6, 6.07) is 0. The third kappa shape index (κ3) is 9.38. The Bertz CT molecular complexity index is 1430. The first-order chi connectivity index (χ1) is 26.3. The summed E-state index contributed by atoms with van der Waals surface area (Å²) in [4.78, 5) is 0. The van der Waals surface area contributed by atoms with E-state index in [-0.39, 0.29) is 89.6 Å². The molecular weight excluding hydrogens is 779 g/mol. The number of fused-ring (bicyclic) bond motifs is 5. The number of ether oxygens (including phenoxy) is 6. The number of aliphatic hydroxyl groups excluding tert-OH is 6. The fraction of sp³-hybridized carbons (Fsp3) is 1.00. The molecule has 326 valence electrons. The maximum Gasteiger partial charge on any atom is 1.00 e. The Morgan fingerprint density at radius 3 is 2.12 bits per heavy atom. The predicted molar refractivity (Wildman–Crippen MR) is 196 cm³/mol. The van der Waals surface area contributed by atoms with Crippen molar-refractivity contribution in [2.24, 2.45) is 52.3 Å². The van der Waals surface area contributed by atoms with Gasteiger partial charge in [0.1, 0.15) is 36.6 Å². The van der Waals surface area contributed by atoms with Gasteiger partial charge >= 0.3 is 29.6 Å². The van der Waals surface area contributed by atoms with E-state index in [1.807, 2.05) is 20.8 Å². The van der Waals surface area contributed by atoms with Crippen LogP contribution in [0.2, 0.25) is 0 Å². The van der Waals surface area contributed by atoms with Gasteiger partial charge < -0.3 is 63.6 Å². The summed E-state index contributed by atoms with van der Waals surface area (Å²) in [6.45, 7) is 10.1. The number of methoxy groups -OCH3 is 2. The second kappa shape index (κ2) is 19.0. The van der Waals surface area contributed by atoms with Gasteiger partial charge in [0.15, 0.2) is 12.6 Å². The molecule has 0 radical (unpaired) electrons. The van der Waals surface area contributed by atoms with E-state index in [9.17, 15) is 43.6 Å². The minimum Gasteiger partial charge on any atom is -0.726 e. The standard InChI is InChI=1S/C39H68O16S.Na/c1-18(2)25(52-37-35(32(44)27(16-40)53-37)54-36-34(50-7)33(45)28(49-6)17-51-36)9-8-19(3)22-15-24(42)29-20-14-26(55-56(46,47)48)30-31(43)23(41)11-13-38(30,4)21(20)10-12-39(22,29)5;/h18-37,40-45H,8-17H2,1-7H3,(H,46,47,48);/q;+1/p-1/t19-,20-,21+,22-,23+,24-,25+,26+,27-,28-,29-,30+,31+,32+,33+,34-,35-,36+,37-,38-,39-;/m1./s1. The van der Waals surface area contributed by atoms with Crippen LogP contribution in [0.25, 0.3) is 0 Å². The van der Waals surface area contributed by atoms with E-state index >= 15 is 0 Å². The molecule has 6 fully saturated rings. The van der Waals surface area contributed by atoms with Gasteiger partial charge in [-0.05, 0) is 97.7 Å². The maximum atomic E-state index is 12.0. The summed E-state index contributed by atoms with van der Waals surface area (Å²) in [5.74, 6) is -0.694. The van der Waals surface area contributed by atoms with Gasteiger partial charge in [-0.25, -0.2) is 8.42 Å². The van der Waals surface area contributed by atoms with E-state index in [1.165, 1.54) is 14.2 Å². The molecule has 16 nitrogen and oxygen atoms in total. The van der Waals surface area contributed by atoms with E-state index in [0.717, 1.165) is 19.3 Å². The number of hydrogen-bond acceptors (Lipinski definition) is 16. The second-order valence-corrected chi connectivity index (χ2v) is 19.6. The van der Waals surface area contributed by atoms with E-state index in [0.29, 0.717) is 25.7 Å². The molecule has 6 N–H and O–H groups in total. The molecule has 21 atom stereocenters. The molecule has 6 rings (SSSR count). The minimum absolute atomic E-state index is 0. The molecule has 0 aromatic carbocycles. The Balaban J connectivity index is 0.00000620. The third-order valence-corrected chi connectivity index (χ3v) is 15.9. The summed E-state index contributed by atoms with van der Waals surface area (Å²) in [6.07, 6.45) is -7.68. The summed E-state index contributed by atoms with van der Waals surface area (Å²) < 4.78 is 76.5. The molecular formula is C39H67NaO16S. The van der Waals surface area contributed by atoms with Gasteiger partial charge in [0, 0.05) is 20.1 Å². The third-order valence-electron chi connectivity index (χ3n) is 15.4. The van der Waals surface area contributed by atoms with Crippen molar-refractivity contribution in [2.75, 3.05) is 27.4 Å². The van der Waals surface area contributed by atoms with Crippen LogP contribution in [0.15, 0.2) is 0 Å². The van der Waals surface area contributed by atoms with Crippen molar-refractivity contribution >= 4 is 10.4 Å². The summed E-state index contributed by atoms with van der Waals surface area (Å²) in [7, 11) is -2.23. The average Bonchev–Trinajstić information content (AvgIpc) is 3.58. The number of aliphatic hydroxyl groups is 6. The normalized spacial score (nSPS) is 48.4. The first kappa shape index (κ1) is 48.4. The van der Waals surface area contributed by atoms with Crippen LogP contribution in [0.3, 0.4) is 0 Å². The first-order valence-corrected chi connectivity index (χ1v) is 21.9. The minimum atomic E-state index is -5.10. The van der Waals surface area contributed by atoms with Gasteiger partial charge in [0.05, 0.1) is 43.7 Å². The Morgan fingerprint density at radius 1 is 0.825 bits per heavy atom. The van der Waals surface area contributed by atoms with Crippen molar-refractivity contribution in [3.63, 3.8) is 0 Å². The Morgan fingerprint density at radius 2 is 1.51 bits per heavy atom. The zero-order valence-corrected chi connectivity index (χ0v) is 37.6. The fourth-order valence-corrected chi connectivity index (χ4v) is 13.1. The van der Waals surface area contributed by atoms with Crippen LogP contribution in [-0.2, 0) is 43.0 Å². The zero-order valence-electron chi connectivity index (χ0n) is 34.8.